The van der Waals surface area contributed by atoms with Gasteiger partial charge in [-0.15, -0.1) is 0 Å². The zero-order valence-electron chi connectivity index (χ0n) is 30.2. The Labute approximate surface area is 291 Å². The molecule has 9 heteroatoms. The van der Waals surface area contributed by atoms with Crippen LogP contribution in [0.5, 0.6) is 0 Å². The van der Waals surface area contributed by atoms with Gasteiger partial charge in [-0.1, -0.05) is 121 Å². The predicted octanol–water partition coefficient (Wildman–Crippen LogP) is 6.55. The number of hydrogen-bond acceptors (Lipinski definition) is 8. The second-order valence-corrected chi connectivity index (χ2v) is 13.4. The minimum absolute atomic E-state index is 0.200. The van der Waals surface area contributed by atoms with Gasteiger partial charge in [0.25, 0.3) is 0 Å². The molecular formula is C39H71NO8. The van der Waals surface area contributed by atoms with Gasteiger partial charge in [-0.25, -0.2) is 0 Å². The van der Waals surface area contributed by atoms with E-state index in [-0.39, 0.29) is 12.5 Å². The minimum Gasteiger partial charge on any atom is -0.394 e. The molecule has 1 amide bonds. The molecule has 280 valence electrons. The van der Waals surface area contributed by atoms with Crippen LogP contribution in [0.25, 0.3) is 0 Å². The molecule has 6 N–H and O–H groups in total. The Balaban J connectivity index is 2.50. The number of aliphatic hydroxyl groups excluding tert-OH is 5. The summed E-state index contributed by atoms with van der Waals surface area (Å²) in [5.41, 5.74) is 0. The normalized spacial score (nSPS) is 23.0. The number of aliphatic hydroxyl groups is 5. The Hall–Kier alpha value is -1.59. The van der Waals surface area contributed by atoms with Crippen molar-refractivity contribution in [2.75, 3.05) is 13.2 Å². The van der Waals surface area contributed by atoms with Crippen LogP contribution in [0.2, 0.25) is 0 Å². The van der Waals surface area contributed by atoms with Crippen molar-refractivity contribution >= 4 is 5.91 Å². The van der Waals surface area contributed by atoms with Gasteiger partial charge < -0.3 is 40.3 Å². The molecule has 1 saturated heterocycles. The monoisotopic (exact) mass is 682 g/mol. The summed E-state index contributed by atoms with van der Waals surface area (Å²) in [7, 11) is 0. The van der Waals surface area contributed by atoms with Crippen molar-refractivity contribution in [3.63, 3.8) is 0 Å². The van der Waals surface area contributed by atoms with E-state index in [0.717, 1.165) is 57.8 Å². The van der Waals surface area contributed by atoms with Crippen molar-refractivity contribution in [2.24, 2.45) is 0 Å². The Morgan fingerprint density at radius 3 is 1.77 bits per heavy atom. The average Bonchev–Trinajstić information content (AvgIpc) is 3.08. The maximum absolute atomic E-state index is 12.8. The van der Waals surface area contributed by atoms with Gasteiger partial charge in [-0.2, -0.15) is 0 Å². The van der Waals surface area contributed by atoms with Gasteiger partial charge >= 0.3 is 0 Å². The number of carbonyl (C=O) groups excluding carboxylic acids is 1. The summed E-state index contributed by atoms with van der Waals surface area (Å²) >= 11 is 0. The van der Waals surface area contributed by atoms with Crippen LogP contribution in [-0.4, -0.2) is 87.5 Å². The number of allylic oxidation sites excluding steroid dienone is 5. The molecule has 9 nitrogen and oxygen atoms in total. The van der Waals surface area contributed by atoms with E-state index < -0.39 is 49.5 Å². The Bertz CT molecular complexity index is 848. The maximum Gasteiger partial charge on any atom is 0.220 e. The van der Waals surface area contributed by atoms with E-state index >= 15 is 0 Å². The highest BCUT2D eigenvalue weighted by atomic mass is 16.7. The fourth-order valence-corrected chi connectivity index (χ4v) is 5.75. The van der Waals surface area contributed by atoms with Crippen molar-refractivity contribution in [1.29, 1.82) is 0 Å². The van der Waals surface area contributed by atoms with Crippen LogP contribution in [0.1, 0.15) is 149 Å². The van der Waals surface area contributed by atoms with Crippen molar-refractivity contribution < 1.29 is 39.8 Å². The lowest BCUT2D eigenvalue weighted by Crippen LogP contribution is -2.60. The standard InChI is InChI=1S/C39H71NO8/c1-3-5-7-9-11-13-15-17-19-21-23-25-27-29-35(43)40-32(31-47-39-38(46)37(45)36(44)34(30-41)48-39)33(42)28-26-24-22-20-18-16-14-12-10-8-6-4-2/h13,15,18,20,26,28,32-34,36-39,41-42,44-46H,3-12,14,16-17,19,21-25,27,29-31H2,1-2H3,(H,40,43)/b15-13-,20-18+,28-26+. The Morgan fingerprint density at radius 2 is 1.19 bits per heavy atom. The third kappa shape index (κ3) is 21.5. The number of ether oxygens (including phenoxy) is 2. The molecule has 1 rings (SSSR count). The number of amides is 1. The van der Waals surface area contributed by atoms with Crippen molar-refractivity contribution in [3.05, 3.63) is 36.5 Å². The molecule has 1 aliphatic heterocycles. The summed E-state index contributed by atoms with van der Waals surface area (Å²) in [4.78, 5) is 12.8. The molecule has 0 saturated carbocycles. The topological polar surface area (TPSA) is 149 Å². The first-order chi connectivity index (χ1) is 23.3. The van der Waals surface area contributed by atoms with Crippen LogP contribution >= 0.6 is 0 Å². The maximum atomic E-state index is 12.8. The van der Waals surface area contributed by atoms with Crippen LogP contribution in [0, 0.1) is 0 Å². The van der Waals surface area contributed by atoms with Crippen LogP contribution in [0.3, 0.4) is 0 Å². The quantitative estimate of drug-likeness (QED) is 0.0370. The summed E-state index contributed by atoms with van der Waals surface area (Å²) in [6.07, 6.45) is 27.6. The predicted molar refractivity (Wildman–Crippen MR) is 193 cm³/mol. The van der Waals surface area contributed by atoms with Gasteiger partial charge in [0.1, 0.15) is 24.4 Å². The zero-order valence-corrected chi connectivity index (χ0v) is 30.2. The van der Waals surface area contributed by atoms with Crippen molar-refractivity contribution in [1.82, 2.24) is 5.32 Å². The highest BCUT2D eigenvalue weighted by Gasteiger charge is 2.44. The second kappa shape index (κ2) is 30.3. The van der Waals surface area contributed by atoms with E-state index in [4.69, 9.17) is 9.47 Å². The first-order valence-corrected chi connectivity index (χ1v) is 19.2. The van der Waals surface area contributed by atoms with Crippen LogP contribution in [0.4, 0.5) is 0 Å². The van der Waals surface area contributed by atoms with Gasteiger partial charge in [0.05, 0.1) is 25.4 Å². The molecule has 0 spiro atoms. The highest BCUT2D eigenvalue weighted by molar-refractivity contribution is 5.76. The van der Waals surface area contributed by atoms with Gasteiger partial charge in [0.2, 0.25) is 5.91 Å². The first kappa shape index (κ1) is 44.4. The van der Waals surface area contributed by atoms with E-state index in [1.807, 2.05) is 6.08 Å². The SMILES string of the molecule is CCCCCC/C=C\CCCCCCCC(=O)NC(COC1OC(CO)C(O)C(O)C1O)C(O)/C=C/CC/C=C/CCCCCCCC. The third-order valence-corrected chi connectivity index (χ3v) is 8.94. The van der Waals surface area contributed by atoms with Crippen molar-refractivity contribution in [2.45, 2.75) is 192 Å². The molecule has 0 aromatic rings. The summed E-state index contributed by atoms with van der Waals surface area (Å²) in [5.74, 6) is -0.200. The lowest BCUT2D eigenvalue weighted by Gasteiger charge is -2.40. The van der Waals surface area contributed by atoms with E-state index in [0.29, 0.717) is 6.42 Å². The van der Waals surface area contributed by atoms with Crippen LogP contribution in [0.15, 0.2) is 36.5 Å². The molecule has 0 aliphatic carbocycles. The van der Waals surface area contributed by atoms with E-state index in [9.17, 15) is 30.3 Å². The summed E-state index contributed by atoms with van der Waals surface area (Å²) in [6.45, 7) is 3.68. The minimum atomic E-state index is -1.57. The molecule has 0 bridgehead atoms. The van der Waals surface area contributed by atoms with Crippen LogP contribution < -0.4 is 5.32 Å². The molecule has 0 aromatic heterocycles. The lowest BCUT2D eigenvalue weighted by molar-refractivity contribution is -0.302. The van der Waals surface area contributed by atoms with Gasteiger partial charge in [0.15, 0.2) is 6.29 Å². The summed E-state index contributed by atoms with van der Waals surface area (Å²) in [5, 5.41) is 53.8. The fraction of sp³-hybridized carbons (Fsp3) is 0.821. The number of rotatable bonds is 30. The molecule has 1 aliphatic rings. The number of hydrogen-bond donors (Lipinski definition) is 6. The fourth-order valence-electron chi connectivity index (χ4n) is 5.75. The molecule has 0 aromatic carbocycles. The highest BCUT2D eigenvalue weighted by Crippen LogP contribution is 2.22. The summed E-state index contributed by atoms with van der Waals surface area (Å²) in [6, 6.07) is -0.821. The van der Waals surface area contributed by atoms with Gasteiger partial charge in [-0.05, 0) is 57.8 Å². The average molecular weight is 682 g/mol. The first-order valence-electron chi connectivity index (χ1n) is 19.2. The van der Waals surface area contributed by atoms with E-state index in [1.165, 1.54) is 70.6 Å². The lowest BCUT2D eigenvalue weighted by atomic mass is 9.99. The molecule has 1 heterocycles. The molecule has 0 radical (unpaired) electrons. The molecule has 1 fully saturated rings. The van der Waals surface area contributed by atoms with E-state index in [1.54, 1.807) is 6.08 Å². The van der Waals surface area contributed by atoms with Crippen molar-refractivity contribution in [3.8, 4) is 0 Å². The van der Waals surface area contributed by atoms with E-state index in [2.05, 4.69) is 43.5 Å². The third-order valence-electron chi connectivity index (χ3n) is 8.94. The number of unbranched alkanes of at least 4 members (excludes halogenated alkanes) is 16. The molecule has 48 heavy (non-hydrogen) atoms. The second-order valence-electron chi connectivity index (χ2n) is 13.4. The molecule has 7 atom stereocenters. The largest absolute Gasteiger partial charge is 0.394 e. The van der Waals surface area contributed by atoms with Crippen LogP contribution in [-0.2, 0) is 14.3 Å². The molecular weight excluding hydrogens is 610 g/mol. The number of nitrogens with one attached hydrogen (secondary N) is 1. The Morgan fingerprint density at radius 1 is 0.688 bits per heavy atom. The summed E-state index contributed by atoms with van der Waals surface area (Å²) < 4.78 is 11.1. The van der Waals surface area contributed by atoms with Gasteiger partial charge in [0, 0.05) is 6.42 Å². The Kier molecular flexibility index (Phi) is 28.0. The molecule has 7 unspecified atom stereocenters. The zero-order chi connectivity index (χ0) is 35.2. The number of carbonyl (C=O) groups is 1. The van der Waals surface area contributed by atoms with Gasteiger partial charge in [-0.3, -0.25) is 4.79 Å². The smallest absolute Gasteiger partial charge is 0.220 e.